The number of carbonyl (C=O) groups excluding carboxylic acids is 2. The first-order valence-electron chi connectivity index (χ1n) is 8.90. The molecule has 0 aromatic heterocycles. The van der Waals surface area contributed by atoms with E-state index in [1.165, 1.54) is 12.1 Å². The van der Waals surface area contributed by atoms with Crippen LogP contribution in [0.3, 0.4) is 0 Å². The summed E-state index contributed by atoms with van der Waals surface area (Å²) in [4.78, 5) is 25.9. The van der Waals surface area contributed by atoms with Gasteiger partial charge in [-0.3, -0.25) is 9.59 Å². The molecule has 142 valence electrons. The average Bonchev–Trinajstić information content (AvgIpc) is 3.07. The van der Waals surface area contributed by atoms with Gasteiger partial charge in [-0.25, -0.2) is 4.39 Å². The summed E-state index contributed by atoms with van der Waals surface area (Å²) in [5.41, 5.74) is 0.667. The Kier molecular flexibility index (Phi) is 6.45. The van der Waals surface area contributed by atoms with Crippen LogP contribution in [0.4, 0.5) is 4.39 Å². The highest BCUT2D eigenvalue weighted by Crippen LogP contribution is 2.29. The van der Waals surface area contributed by atoms with Crippen molar-refractivity contribution in [3.8, 4) is 0 Å². The van der Waals surface area contributed by atoms with E-state index in [1.807, 2.05) is 0 Å². The molecule has 2 heterocycles. The van der Waals surface area contributed by atoms with Crippen molar-refractivity contribution in [1.29, 1.82) is 0 Å². The second-order valence-electron chi connectivity index (χ2n) is 6.64. The van der Waals surface area contributed by atoms with Crippen molar-refractivity contribution in [1.82, 2.24) is 15.5 Å². The van der Waals surface area contributed by atoms with Crippen molar-refractivity contribution in [3.63, 3.8) is 0 Å². The molecule has 2 saturated heterocycles. The lowest BCUT2D eigenvalue weighted by Gasteiger charge is -2.26. The fourth-order valence-corrected chi connectivity index (χ4v) is 3.51. The highest BCUT2D eigenvalue weighted by molar-refractivity contribution is 6.35. The number of likely N-dealkylation sites (tertiary alicyclic amines) is 1. The smallest absolute Gasteiger partial charge is 0.311 e. The number of carbonyl (C=O) groups is 2. The summed E-state index contributed by atoms with van der Waals surface area (Å²) in [6, 6.07) is 4.59. The molecule has 0 spiro atoms. The second-order valence-corrected chi connectivity index (χ2v) is 7.05. The van der Waals surface area contributed by atoms with Gasteiger partial charge in [-0.1, -0.05) is 17.7 Å². The first kappa shape index (κ1) is 19.1. The predicted molar refractivity (Wildman–Crippen MR) is 95.3 cm³/mol. The Morgan fingerprint density at radius 1 is 1.35 bits per heavy atom. The third-order valence-corrected chi connectivity index (χ3v) is 5.10. The molecule has 0 aliphatic carbocycles. The van der Waals surface area contributed by atoms with Crippen molar-refractivity contribution in [3.05, 3.63) is 34.6 Å². The molecule has 2 aliphatic rings. The lowest BCUT2D eigenvalue weighted by Crippen LogP contribution is -2.44. The molecule has 0 saturated carbocycles. The highest BCUT2D eigenvalue weighted by atomic mass is 35.5. The van der Waals surface area contributed by atoms with Crippen LogP contribution in [0.2, 0.25) is 5.02 Å². The first-order valence-corrected chi connectivity index (χ1v) is 9.28. The largest absolute Gasteiger partial charge is 0.372 e. The quantitative estimate of drug-likeness (QED) is 0.776. The summed E-state index contributed by atoms with van der Waals surface area (Å²) in [6.07, 6.45) is 1.48. The molecule has 2 unspecified atom stereocenters. The van der Waals surface area contributed by atoms with Crippen molar-refractivity contribution < 1.29 is 18.7 Å². The van der Waals surface area contributed by atoms with Crippen molar-refractivity contribution in [2.24, 2.45) is 5.92 Å². The van der Waals surface area contributed by atoms with Gasteiger partial charge in [0.05, 0.1) is 17.7 Å². The molecule has 8 heteroatoms. The normalized spacial score (nSPS) is 23.5. The van der Waals surface area contributed by atoms with E-state index in [4.69, 9.17) is 16.3 Å². The Morgan fingerprint density at radius 2 is 2.12 bits per heavy atom. The number of nitrogens with one attached hydrogen (secondary N) is 2. The van der Waals surface area contributed by atoms with Gasteiger partial charge in [0, 0.05) is 38.6 Å². The zero-order chi connectivity index (χ0) is 18.5. The number of benzene rings is 1. The molecular formula is C18H23ClFN3O3. The lowest BCUT2D eigenvalue weighted by molar-refractivity contribution is -0.145. The third-order valence-electron chi connectivity index (χ3n) is 4.80. The summed E-state index contributed by atoms with van der Waals surface area (Å²) in [5.74, 6) is -1.72. The average molecular weight is 384 g/mol. The minimum Gasteiger partial charge on any atom is -0.372 e. The molecule has 1 aromatic rings. The van der Waals surface area contributed by atoms with Crippen molar-refractivity contribution in [2.75, 3.05) is 39.3 Å². The minimum absolute atomic E-state index is 0.0570. The van der Waals surface area contributed by atoms with E-state index in [2.05, 4.69) is 10.6 Å². The molecule has 2 fully saturated rings. The van der Waals surface area contributed by atoms with E-state index in [0.29, 0.717) is 38.3 Å². The summed E-state index contributed by atoms with van der Waals surface area (Å²) in [7, 11) is 0. The van der Waals surface area contributed by atoms with Gasteiger partial charge >= 0.3 is 11.8 Å². The predicted octanol–water partition coefficient (Wildman–Crippen LogP) is 1.49. The Morgan fingerprint density at radius 3 is 2.85 bits per heavy atom. The molecular weight excluding hydrogens is 361 g/mol. The molecule has 6 nitrogen and oxygen atoms in total. The van der Waals surface area contributed by atoms with Crippen LogP contribution in [0.5, 0.6) is 0 Å². The van der Waals surface area contributed by atoms with Gasteiger partial charge in [0.25, 0.3) is 0 Å². The standard InChI is InChI=1S/C18H23ClFN3O3/c19-14-4-3-12(9-15(14)20)16-13(10-21-5-8-26-16)11-22-17(24)18(25)23-6-1-2-7-23/h3-4,9,13,16,21H,1-2,5-8,10-11H2,(H,22,24). The van der Waals surface area contributed by atoms with E-state index < -0.39 is 17.6 Å². The van der Waals surface area contributed by atoms with E-state index in [1.54, 1.807) is 11.0 Å². The monoisotopic (exact) mass is 383 g/mol. The van der Waals surface area contributed by atoms with E-state index in [0.717, 1.165) is 12.8 Å². The molecule has 26 heavy (non-hydrogen) atoms. The SMILES string of the molecule is O=C(NCC1CNCCOC1c1ccc(Cl)c(F)c1)C(=O)N1CCCC1. The van der Waals surface area contributed by atoms with Crippen molar-refractivity contribution in [2.45, 2.75) is 18.9 Å². The van der Waals surface area contributed by atoms with Crippen LogP contribution in [0.1, 0.15) is 24.5 Å². The zero-order valence-corrected chi connectivity index (χ0v) is 15.2. The van der Waals surface area contributed by atoms with Crippen molar-refractivity contribution >= 4 is 23.4 Å². The van der Waals surface area contributed by atoms with Gasteiger partial charge in [-0.15, -0.1) is 0 Å². The Labute approximate surface area is 157 Å². The highest BCUT2D eigenvalue weighted by Gasteiger charge is 2.29. The number of nitrogens with zero attached hydrogens (tertiary/aromatic N) is 1. The summed E-state index contributed by atoms with van der Waals surface area (Å²) in [6.45, 7) is 3.27. The maximum atomic E-state index is 13.8. The molecule has 0 bridgehead atoms. The van der Waals surface area contributed by atoms with Gasteiger partial charge in [-0.05, 0) is 30.5 Å². The first-order chi connectivity index (χ1) is 12.6. The van der Waals surface area contributed by atoms with Crippen LogP contribution in [-0.4, -0.2) is 56.0 Å². The number of amides is 2. The number of ether oxygens (including phenoxy) is 1. The molecule has 2 amide bonds. The molecule has 3 rings (SSSR count). The lowest BCUT2D eigenvalue weighted by atomic mass is 9.95. The summed E-state index contributed by atoms with van der Waals surface area (Å²) >= 11 is 5.76. The van der Waals surface area contributed by atoms with Gasteiger partial charge in [0.15, 0.2) is 0 Å². The van der Waals surface area contributed by atoms with E-state index >= 15 is 0 Å². The Balaban J connectivity index is 1.65. The summed E-state index contributed by atoms with van der Waals surface area (Å²) in [5, 5.41) is 6.01. The fourth-order valence-electron chi connectivity index (χ4n) is 3.39. The van der Waals surface area contributed by atoms with Gasteiger partial charge < -0.3 is 20.3 Å². The number of hydrogen-bond donors (Lipinski definition) is 2. The zero-order valence-electron chi connectivity index (χ0n) is 14.5. The Hall–Kier alpha value is -1.70. The van der Waals surface area contributed by atoms with Gasteiger partial charge in [-0.2, -0.15) is 0 Å². The molecule has 2 atom stereocenters. The maximum absolute atomic E-state index is 13.8. The van der Waals surface area contributed by atoms with Gasteiger partial charge in [0.2, 0.25) is 0 Å². The molecule has 2 aliphatic heterocycles. The van der Waals surface area contributed by atoms with Crippen LogP contribution in [0, 0.1) is 11.7 Å². The number of hydrogen-bond acceptors (Lipinski definition) is 4. The second kappa shape index (κ2) is 8.79. The Bertz CT molecular complexity index is 667. The molecule has 0 radical (unpaired) electrons. The topological polar surface area (TPSA) is 70.7 Å². The van der Waals surface area contributed by atoms with Crippen LogP contribution in [0.15, 0.2) is 18.2 Å². The van der Waals surface area contributed by atoms with Crippen LogP contribution in [-0.2, 0) is 14.3 Å². The molecule has 1 aromatic carbocycles. The van der Waals surface area contributed by atoms with Gasteiger partial charge in [0.1, 0.15) is 5.82 Å². The number of halogens is 2. The van der Waals surface area contributed by atoms with Crippen LogP contribution >= 0.6 is 11.6 Å². The maximum Gasteiger partial charge on any atom is 0.311 e. The van der Waals surface area contributed by atoms with E-state index in [-0.39, 0.29) is 23.6 Å². The van der Waals surface area contributed by atoms with Crippen LogP contribution in [0.25, 0.3) is 0 Å². The summed E-state index contributed by atoms with van der Waals surface area (Å²) < 4.78 is 19.7. The van der Waals surface area contributed by atoms with E-state index in [9.17, 15) is 14.0 Å². The third kappa shape index (κ3) is 4.52. The number of rotatable bonds is 3. The fraction of sp³-hybridized carbons (Fsp3) is 0.556. The molecule has 2 N–H and O–H groups in total. The van der Waals surface area contributed by atoms with Crippen LogP contribution < -0.4 is 10.6 Å². The minimum atomic E-state index is -0.600.